The van der Waals surface area contributed by atoms with E-state index >= 15 is 0 Å². The van der Waals surface area contributed by atoms with E-state index in [1.165, 1.54) is 11.0 Å². The second-order valence-electron chi connectivity index (χ2n) is 7.19. The zero-order valence-electron chi connectivity index (χ0n) is 16.2. The van der Waals surface area contributed by atoms with Crippen molar-refractivity contribution in [2.24, 2.45) is 0 Å². The molecule has 2 amide bonds. The summed E-state index contributed by atoms with van der Waals surface area (Å²) in [7, 11) is -3.92. The molecule has 4 heterocycles. The predicted molar refractivity (Wildman–Crippen MR) is 112 cm³/mol. The molecule has 0 spiro atoms. The van der Waals surface area contributed by atoms with E-state index in [4.69, 9.17) is 16.3 Å². The number of rotatable bonds is 5. The number of carbonyl (C=O) groups is 2. The number of pyridine rings is 1. The molecule has 0 aromatic carbocycles. The zero-order valence-corrected chi connectivity index (χ0v) is 18.6. The number of morpholine rings is 1. The van der Waals surface area contributed by atoms with Gasteiger partial charge in [-0.15, -0.1) is 11.3 Å². The highest BCUT2D eigenvalue weighted by Gasteiger charge is 2.40. The van der Waals surface area contributed by atoms with Crippen molar-refractivity contribution in [1.82, 2.24) is 19.5 Å². The molecule has 12 heteroatoms. The van der Waals surface area contributed by atoms with Gasteiger partial charge < -0.3 is 14.5 Å². The molecule has 0 saturated carbocycles. The van der Waals surface area contributed by atoms with E-state index in [9.17, 15) is 18.0 Å². The lowest BCUT2D eigenvalue weighted by atomic mass is 10.2. The van der Waals surface area contributed by atoms with Gasteiger partial charge in [0.05, 0.1) is 23.4 Å². The van der Waals surface area contributed by atoms with Crippen LogP contribution >= 0.6 is 22.9 Å². The van der Waals surface area contributed by atoms with Crippen LogP contribution in [0.2, 0.25) is 5.15 Å². The number of likely N-dealkylation sites (tertiary alicyclic amines) is 1. The number of nitrogens with one attached hydrogen (secondary N) is 1. The van der Waals surface area contributed by atoms with Crippen molar-refractivity contribution >= 4 is 55.0 Å². The van der Waals surface area contributed by atoms with Gasteiger partial charge in [-0.25, -0.2) is 13.4 Å². The van der Waals surface area contributed by atoms with Crippen LogP contribution in [0.25, 0.3) is 10.2 Å². The molecule has 30 heavy (non-hydrogen) atoms. The van der Waals surface area contributed by atoms with Crippen LogP contribution in [0, 0.1) is 0 Å². The van der Waals surface area contributed by atoms with Crippen LogP contribution < -0.4 is 4.72 Å². The number of fused-ring (bicyclic) bond motifs is 1. The summed E-state index contributed by atoms with van der Waals surface area (Å²) in [5.41, 5.74) is 0.483. The molecule has 1 N–H and O–H groups in total. The van der Waals surface area contributed by atoms with Crippen LogP contribution in [0.15, 0.2) is 22.4 Å². The van der Waals surface area contributed by atoms with Crippen LogP contribution in [-0.4, -0.2) is 79.9 Å². The lowest BCUT2D eigenvalue weighted by Crippen LogP contribution is -2.52. The summed E-state index contributed by atoms with van der Waals surface area (Å²) in [6.45, 7) is 3.92. The number of thiophene rings is 1. The summed E-state index contributed by atoms with van der Waals surface area (Å²) < 4.78 is 34.1. The minimum atomic E-state index is -3.92. The summed E-state index contributed by atoms with van der Waals surface area (Å²) in [5.74, 6) is -0.544. The molecule has 2 aliphatic heterocycles. The van der Waals surface area contributed by atoms with Crippen molar-refractivity contribution in [2.45, 2.75) is 29.6 Å². The van der Waals surface area contributed by atoms with Gasteiger partial charge in [0.15, 0.2) is 0 Å². The average Bonchev–Trinajstić information content (AvgIpc) is 3.31. The standard InChI is InChI=1S/C18H21ClN4O5S2/c1-11(17(24)22-6-8-28-9-7-22)23-5-4-12(18(23)25)21-30(26,27)16-10-13-14(29-16)2-3-15(19)20-13/h2-3,10-12,21H,4-9H2,1H3/t11-,12?/m0/s1. The van der Waals surface area contributed by atoms with Crippen molar-refractivity contribution < 1.29 is 22.7 Å². The van der Waals surface area contributed by atoms with Gasteiger partial charge in [-0.2, -0.15) is 4.72 Å². The minimum Gasteiger partial charge on any atom is -0.378 e. The van der Waals surface area contributed by atoms with Crippen molar-refractivity contribution in [3.05, 3.63) is 23.4 Å². The number of ether oxygens (including phenoxy) is 1. The fraction of sp³-hybridized carbons (Fsp3) is 0.500. The average molecular weight is 473 g/mol. The Morgan fingerprint density at radius 3 is 2.80 bits per heavy atom. The number of halogens is 1. The Bertz CT molecular complexity index is 1080. The molecule has 162 valence electrons. The lowest BCUT2D eigenvalue weighted by molar-refractivity contribution is -0.146. The van der Waals surface area contributed by atoms with Gasteiger partial charge in [-0.3, -0.25) is 9.59 Å². The first-order chi connectivity index (χ1) is 14.3. The third kappa shape index (κ3) is 4.17. The largest absolute Gasteiger partial charge is 0.378 e. The van der Waals surface area contributed by atoms with Gasteiger partial charge in [0, 0.05) is 19.6 Å². The number of hydrogen-bond acceptors (Lipinski definition) is 7. The van der Waals surface area contributed by atoms with Crippen molar-refractivity contribution in [2.75, 3.05) is 32.8 Å². The summed E-state index contributed by atoms with van der Waals surface area (Å²) >= 11 is 6.93. The second kappa shape index (κ2) is 8.39. The highest BCUT2D eigenvalue weighted by atomic mass is 35.5. The van der Waals surface area contributed by atoms with Crippen molar-refractivity contribution in [1.29, 1.82) is 0 Å². The molecule has 2 aromatic heterocycles. The molecular formula is C18H21ClN4O5S2. The van der Waals surface area contributed by atoms with Crippen LogP contribution in [0.3, 0.4) is 0 Å². The Labute approximate surface area is 183 Å². The van der Waals surface area contributed by atoms with E-state index in [1.54, 1.807) is 24.0 Å². The molecule has 2 fully saturated rings. The molecule has 0 aliphatic carbocycles. The fourth-order valence-corrected chi connectivity index (χ4v) is 6.35. The summed E-state index contributed by atoms with van der Waals surface area (Å²) in [6.07, 6.45) is 0.299. The van der Waals surface area contributed by atoms with E-state index in [2.05, 4.69) is 9.71 Å². The van der Waals surface area contributed by atoms with E-state index in [0.29, 0.717) is 49.5 Å². The molecule has 1 unspecified atom stereocenters. The van der Waals surface area contributed by atoms with Gasteiger partial charge in [0.25, 0.3) is 10.0 Å². The molecular weight excluding hydrogens is 452 g/mol. The minimum absolute atomic E-state index is 0.0657. The van der Waals surface area contributed by atoms with Crippen molar-refractivity contribution in [3.63, 3.8) is 0 Å². The second-order valence-corrected chi connectivity index (χ2v) is 10.6. The first-order valence-corrected chi connectivity index (χ1v) is 12.2. The maximum absolute atomic E-state index is 12.8. The third-order valence-electron chi connectivity index (χ3n) is 5.27. The van der Waals surface area contributed by atoms with Crippen LogP contribution in [0.5, 0.6) is 0 Å². The first kappa shape index (κ1) is 21.4. The molecule has 0 bridgehead atoms. The van der Waals surface area contributed by atoms with Gasteiger partial charge in [-0.05, 0) is 31.5 Å². The maximum atomic E-state index is 12.8. The molecule has 2 aliphatic rings. The van der Waals surface area contributed by atoms with E-state index in [1.807, 2.05) is 0 Å². The number of hydrogen-bond donors (Lipinski definition) is 1. The fourth-order valence-electron chi connectivity index (χ4n) is 3.63. The molecule has 2 saturated heterocycles. The van der Waals surface area contributed by atoms with E-state index < -0.39 is 28.0 Å². The molecule has 2 aromatic rings. The Morgan fingerprint density at radius 2 is 2.07 bits per heavy atom. The zero-order chi connectivity index (χ0) is 21.5. The Balaban J connectivity index is 1.45. The van der Waals surface area contributed by atoms with E-state index in [0.717, 1.165) is 11.3 Å². The summed E-state index contributed by atoms with van der Waals surface area (Å²) in [5, 5.41) is 0.276. The number of aromatic nitrogens is 1. The van der Waals surface area contributed by atoms with E-state index in [-0.39, 0.29) is 15.3 Å². The molecule has 0 radical (unpaired) electrons. The highest BCUT2D eigenvalue weighted by molar-refractivity contribution is 7.91. The Hall–Kier alpha value is -1.79. The van der Waals surface area contributed by atoms with Gasteiger partial charge in [-0.1, -0.05) is 11.6 Å². The maximum Gasteiger partial charge on any atom is 0.250 e. The summed E-state index contributed by atoms with van der Waals surface area (Å²) in [6, 6.07) is 3.18. The third-order valence-corrected chi connectivity index (χ3v) is 8.51. The predicted octanol–water partition coefficient (Wildman–Crippen LogP) is 1.08. The molecule has 9 nitrogen and oxygen atoms in total. The van der Waals surface area contributed by atoms with Crippen LogP contribution in [0.1, 0.15) is 13.3 Å². The van der Waals surface area contributed by atoms with Crippen LogP contribution in [0.4, 0.5) is 0 Å². The topological polar surface area (TPSA) is 109 Å². The SMILES string of the molecule is C[C@@H](C(=O)N1CCOCC1)N1CCC(NS(=O)(=O)c2cc3nc(Cl)ccc3s2)C1=O. The summed E-state index contributed by atoms with van der Waals surface area (Å²) in [4.78, 5) is 32.8. The number of sulfonamides is 1. The van der Waals surface area contributed by atoms with Gasteiger partial charge >= 0.3 is 0 Å². The smallest absolute Gasteiger partial charge is 0.250 e. The highest BCUT2D eigenvalue weighted by Crippen LogP contribution is 2.29. The number of amides is 2. The number of carbonyl (C=O) groups excluding carboxylic acids is 2. The lowest BCUT2D eigenvalue weighted by Gasteiger charge is -2.32. The van der Waals surface area contributed by atoms with Crippen molar-refractivity contribution in [3.8, 4) is 0 Å². The molecule has 4 rings (SSSR count). The molecule has 2 atom stereocenters. The quantitative estimate of drug-likeness (QED) is 0.652. The normalized spacial score (nSPS) is 21.4. The number of nitrogens with zero attached hydrogens (tertiary/aromatic N) is 3. The van der Waals surface area contributed by atoms with Gasteiger partial charge in [0.2, 0.25) is 11.8 Å². The van der Waals surface area contributed by atoms with Crippen LogP contribution in [-0.2, 0) is 24.3 Å². The Kier molecular flexibility index (Phi) is 5.99. The van der Waals surface area contributed by atoms with Gasteiger partial charge in [0.1, 0.15) is 21.4 Å². The first-order valence-electron chi connectivity index (χ1n) is 9.52. The Morgan fingerprint density at radius 1 is 1.33 bits per heavy atom. The monoisotopic (exact) mass is 472 g/mol.